The first-order valence-electron chi connectivity index (χ1n) is 6.58. The van der Waals surface area contributed by atoms with Gasteiger partial charge in [-0.2, -0.15) is 0 Å². The topological polar surface area (TPSA) is 40.5 Å². The quantitative estimate of drug-likeness (QED) is 0.805. The van der Waals surface area contributed by atoms with Crippen LogP contribution >= 0.6 is 0 Å². The number of hydrogen-bond acceptors (Lipinski definition) is 3. The molecule has 0 amide bonds. The van der Waals surface area contributed by atoms with Crippen LogP contribution in [0.15, 0.2) is 18.2 Å². The molecule has 3 nitrogen and oxygen atoms in total. The summed E-state index contributed by atoms with van der Waals surface area (Å²) in [6.07, 6.45) is 3.04. The summed E-state index contributed by atoms with van der Waals surface area (Å²) < 4.78 is 0. The highest BCUT2D eigenvalue weighted by molar-refractivity contribution is 5.97. The molecular weight excluding hydrogens is 226 g/mol. The standard InChI is InChI=1S/C15H21NO2/c1-11(17)9-16(2)10-15(18)14-7-6-12-4-3-5-13(12)8-14/h6-8,11,17H,3-5,9-10H2,1-2H3. The van der Waals surface area contributed by atoms with Gasteiger partial charge in [-0.05, 0) is 50.4 Å². The largest absolute Gasteiger partial charge is 0.392 e. The Morgan fingerprint density at radius 1 is 1.39 bits per heavy atom. The van der Waals surface area contributed by atoms with Gasteiger partial charge in [-0.15, -0.1) is 0 Å². The van der Waals surface area contributed by atoms with Crippen LogP contribution < -0.4 is 0 Å². The lowest BCUT2D eigenvalue weighted by Crippen LogP contribution is -2.32. The molecule has 0 spiro atoms. The number of carbonyl (C=O) groups is 1. The molecule has 1 unspecified atom stereocenters. The molecule has 0 saturated heterocycles. The summed E-state index contributed by atoms with van der Waals surface area (Å²) in [5, 5.41) is 9.28. The average molecular weight is 247 g/mol. The SMILES string of the molecule is CC(O)CN(C)CC(=O)c1ccc2c(c1)CCC2. The van der Waals surface area contributed by atoms with Gasteiger partial charge in [0, 0.05) is 12.1 Å². The Hall–Kier alpha value is -1.19. The molecule has 0 saturated carbocycles. The predicted octanol–water partition coefficient (Wildman–Crippen LogP) is 1.67. The molecule has 98 valence electrons. The van der Waals surface area contributed by atoms with Crippen LogP contribution in [-0.2, 0) is 12.8 Å². The van der Waals surface area contributed by atoms with Crippen molar-refractivity contribution in [3.8, 4) is 0 Å². The van der Waals surface area contributed by atoms with Crippen molar-refractivity contribution in [3.63, 3.8) is 0 Å². The lowest BCUT2D eigenvalue weighted by Gasteiger charge is -2.17. The summed E-state index contributed by atoms with van der Waals surface area (Å²) in [7, 11) is 1.86. The van der Waals surface area contributed by atoms with Crippen molar-refractivity contribution in [1.82, 2.24) is 4.90 Å². The highest BCUT2D eigenvalue weighted by atomic mass is 16.3. The third-order valence-corrected chi connectivity index (χ3v) is 3.41. The van der Waals surface area contributed by atoms with Crippen LogP contribution in [0.3, 0.4) is 0 Å². The lowest BCUT2D eigenvalue weighted by atomic mass is 10.0. The van der Waals surface area contributed by atoms with E-state index in [1.807, 2.05) is 24.1 Å². The van der Waals surface area contributed by atoms with Crippen LogP contribution in [0.25, 0.3) is 0 Å². The highest BCUT2D eigenvalue weighted by Crippen LogP contribution is 2.23. The average Bonchev–Trinajstić information content (AvgIpc) is 2.74. The summed E-state index contributed by atoms with van der Waals surface area (Å²) in [4.78, 5) is 14.0. The first kappa shape index (κ1) is 13.2. The number of aliphatic hydroxyl groups excluding tert-OH is 1. The molecule has 3 heteroatoms. The van der Waals surface area contributed by atoms with Crippen LogP contribution in [0.4, 0.5) is 0 Å². The number of hydrogen-bond donors (Lipinski definition) is 1. The monoisotopic (exact) mass is 247 g/mol. The van der Waals surface area contributed by atoms with Gasteiger partial charge in [0.2, 0.25) is 0 Å². The second-order valence-electron chi connectivity index (χ2n) is 5.31. The van der Waals surface area contributed by atoms with Gasteiger partial charge in [-0.1, -0.05) is 12.1 Å². The molecule has 1 aromatic rings. The van der Waals surface area contributed by atoms with E-state index in [2.05, 4.69) is 6.07 Å². The van der Waals surface area contributed by atoms with E-state index >= 15 is 0 Å². The Morgan fingerprint density at radius 2 is 2.11 bits per heavy atom. The third kappa shape index (κ3) is 3.18. The van der Waals surface area contributed by atoms with Crippen molar-refractivity contribution in [1.29, 1.82) is 0 Å². The fourth-order valence-corrected chi connectivity index (χ4v) is 2.60. The number of rotatable bonds is 5. The van der Waals surface area contributed by atoms with Crippen LogP contribution in [0.5, 0.6) is 0 Å². The number of likely N-dealkylation sites (N-methyl/N-ethyl adjacent to an activating group) is 1. The van der Waals surface area contributed by atoms with Gasteiger partial charge >= 0.3 is 0 Å². The molecule has 2 rings (SSSR count). The van der Waals surface area contributed by atoms with Gasteiger partial charge in [-0.25, -0.2) is 0 Å². The number of benzene rings is 1. The molecule has 0 heterocycles. The number of Topliss-reactive ketones (excluding diaryl/α,β-unsaturated/α-hetero) is 1. The van der Waals surface area contributed by atoms with E-state index in [-0.39, 0.29) is 5.78 Å². The highest BCUT2D eigenvalue weighted by Gasteiger charge is 2.15. The molecule has 1 aromatic carbocycles. The zero-order valence-corrected chi connectivity index (χ0v) is 11.1. The van der Waals surface area contributed by atoms with E-state index in [1.54, 1.807) is 6.92 Å². The summed E-state index contributed by atoms with van der Waals surface area (Å²) in [6.45, 7) is 2.62. The van der Waals surface area contributed by atoms with Gasteiger partial charge in [0.15, 0.2) is 5.78 Å². The molecule has 1 N–H and O–H groups in total. The minimum absolute atomic E-state index is 0.132. The second-order valence-corrected chi connectivity index (χ2v) is 5.31. The normalized spacial score (nSPS) is 15.8. The summed E-state index contributed by atoms with van der Waals surface area (Å²) in [5.74, 6) is 0.132. The van der Waals surface area contributed by atoms with E-state index in [1.165, 1.54) is 17.5 Å². The van der Waals surface area contributed by atoms with Crippen LogP contribution in [0.2, 0.25) is 0 Å². The Bertz CT molecular complexity index is 440. The van der Waals surface area contributed by atoms with Gasteiger partial charge in [0.25, 0.3) is 0 Å². The zero-order chi connectivity index (χ0) is 13.1. The van der Waals surface area contributed by atoms with Crippen molar-refractivity contribution in [2.45, 2.75) is 32.3 Å². The van der Waals surface area contributed by atoms with E-state index < -0.39 is 6.10 Å². The minimum atomic E-state index is -0.400. The smallest absolute Gasteiger partial charge is 0.176 e. The molecule has 0 radical (unpaired) electrons. The second kappa shape index (κ2) is 5.63. The molecule has 1 aliphatic carbocycles. The lowest BCUT2D eigenvalue weighted by molar-refractivity contribution is 0.0901. The van der Waals surface area contributed by atoms with E-state index in [4.69, 9.17) is 0 Å². The first-order valence-corrected chi connectivity index (χ1v) is 6.58. The summed E-state index contributed by atoms with van der Waals surface area (Å²) in [6, 6.07) is 6.06. The van der Waals surface area contributed by atoms with Crippen molar-refractivity contribution < 1.29 is 9.90 Å². The summed E-state index contributed by atoms with van der Waals surface area (Å²) >= 11 is 0. The first-order chi connectivity index (χ1) is 8.56. The Balaban J connectivity index is 2.01. The minimum Gasteiger partial charge on any atom is -0.392 e. The Kier molecular flexibility index (Phi) is 4.15. The molecular formula is C15H21NO2. The molecule has 0 bridgehead atoms. The number of aryl methyl sites for hydroxylation is 2. The fraction of sp³-hybridized carbons (Fsp3) is 0.533. The van der Waals surface area contributed by atoms with Crippen molar-refractivity contribution >= 4 is 5.78 Å². The molecule has 1 aliphatic rings. The van der Waals surface area contributed by atoms with E-state index in [0.717, 1.165) is 18.4 Å². The van der Waals surface area contributed by atoms with Crippen LogP contribution in [-0.4, -0.2) is 42.0 Å². The number of ketones is 1. The van der Waals surface area contributed by atoms with E-state index in [9.17, 15) is 9.90 Å². The van der Waals surface area contributed by atoms with Gasteiger partial charge in [-0.3, -0.25) is 9.69 Å². The van der Waals surface area contributed by atoms with E-state index in [0.29, 0.717) is 13.1 Å². The molecule has 0 fully saturated rings. The van der Waals surface area contributed by atoms with Crippen LogP contribution in [0.1, 0.15) is 34.8 Å². The number of aliphatic hydroxyl groups is 1. The third-order valence-electron chi connectivity index (χ3n) is 3.41. The molecule has 1 atom stereocenters. The molecule has 18 heavy (non-hydrogen) atoms. The number of fused-ring (bicyclic) bond motifs is 1. The molecule has 0 aliphatic heterocycles. The van der Waals surface area contributed by atoms with Crippen molar-refractivity contribution in [3.05, 3.63) is 34.9 Å². The number of carbonyl (C=O) groups excluding carboxylic acids is 1. The molecule has 0 aromatic heterocycles. The maximum Gasteiger partial charge on any atom is 0.176 e. The maximum absolute atomic E-state index is 12.1. The van der Waals surface area contributed by atoms with Crippen molar-refractivity contribution in [2.24, 2.45) is 0 Å². The predicted molar refractivity (Wildman–Crippen MR) is 72.0 cm³/mol. The fourth-order valence-electron chi connectivity index (χ4n) is 2.60. The zero-order valence-electron chi connectivity index (χ0n) is 11.1. The van der Waals surface area contributed by atoms with Crippen LogP contribution in [0, 0.1) is 0 Å². The summed E-state index contributed by atoms with van der Waals surface area (Å²) in [5.41, 5.74) is 3.52. The van der Waals surface area contributed by atoms with Crippen molar-refractivity contribution in [2.75, 3.05) is 20.1 Å². The van der Waals surface area contributed by atoms with Gasteiger partial charge < -0.3 is 5.11 Å². The Labute approximate surface area is 108 Å². The number of nitrogens with zero attached hydrogens (tertiary/aromatic N) is 1. The maximum atomic E-state index is 12.1. The van der Waals surface area contributed by atoms with Gasteiger partial charge in [0.1, 0.15) is 0 Å². The van der Waals surface area contributed by atoms with Gasteiger partial charge in [0.05, 0.1) is 12.6 Å². The Morgan fingerprint density at radius 3 is 2.83 bits per heavy atom.